The molecule has 0 aliphatic carbocycles. The standard InChI is InChI=1S/C13H7F7N2/c1-2-3(6(15)9(18)12(21)5(2)14)4-7(16)10(19)13(22)11(20)8(4)17/h21-22H2,1H3. The molecule has 0 fully saturated rings. The zero-order valence-electron chi connectivity index (χ0n) is 10.8. The summed E-state index contributed by atoms with van der Waals surface area (Å²) in [5, 5.41) is 0. The van der Waals surface area contributed by atoms with Crippen molar-refractivity contribution in [3.63, 3.8) is 0 Å². The summed E-state index contributed by atoms with van der Waals surface area (Å²) in [6.45, 7) is 0.814. The van der Waals surface area contributed by atoms with Crippen LogP contribution in [0.25, 0.3) is 11.1 Å². The Morgan fingerprint density at radius 3 is 1.23 bits per heavy atom. The number of nitrogen functional groups attached to an aromatic ring is 2. The molecule has 22 heavy (non-hydrogen) atoms. The molecule has 0 bridgehead atoms. The van der Waals surface area contributed by atoms with Gasteiger partial charge < -0.3 is 11.5 Å². The third-order valence-electron chi connectivity index (χ3n) is 3.14. The molecule has 0 unspecified atom stereocenters. The first-order valence-electron chi connectivity index (χ1n) is 5.65. The molecule has 9 heteroatoms. The topological polar surface area (TPSA) is 52.0 Å². The molecule has 2 aromatic carbocycles. The van der Waals surface area contributed by atoms with Gasteiger partial charge in [0.1, 0.15) is 11.4 Å². The van der Waals surface area contributed by atoms with E-state index in [0.717, 1.165) is 6.92 Å². The maximum atomic E-state index is 13.9. The monoisotopic (exact) mass is 324 g/mol. The lowest BCUT2D eigenvalue weighted by atomic mass is 9.96. The summed E-state index contributed by atoms with van der Waals surface area (Å²) in [6, 6.07) is 0. The molecule has 0 amide bonds. The summed E-state index contributed by atoms with van der Waals surface area (Å²) in [4.78, 5) is 0. The van der Waals surface area contributed by atoms with E-state index in [2.05, 4.69) is 0 Å². The van der Waals surface area contributed by atoms with E-state index in [1.165, 1.54) is 0 Å². The minimum absolute atomic E-state index is 0.814. The summed E-state index contributed by atoms with van der Waals surface area (Å²) in [5.74, 6) is -13.6. The van der Waals surface area contributed by atoms with Crippen molar-refractivity contribution in [1.82, 2.24) is 0 Å². The summed E-state index contributed by atoms with van der Waals surface area (Å²) in [5.41, 5.74) is 3.28. The van der Waals surface area contributed by atoms with Gasteiger partial charge >= 0.3 is 0 Å². The number of hydrogen-bond donors (Lipinski definition) is 2. The number of benzene rings is 2. The zero-order valence-corrected chi connectivity index (χ0v) is 10.8. The van der Waals surface area contributed by atoms with Crippen molar-refractivity contribution in [2.24, 2.45) is 0 Å². The highest BCUT2D eigenvalue weighted by Crippen LogP contribution is 2.39. The largest absolute Gasteiger partial charge is 0.394 e. The average molecular weight is 324 g/mol. The summed E-state index contributed by atoms with van der Waals surface area (Å²) >= 11 is 0. The highest BCUT2D eigenvalue weighted by Gasteiger charge is 2.31. The number of rotatable bonds is 1. The van der Waals surface area contributed by atoms with Crippen molar-refractivity contribution in [3.05, 3.63) is 46.3 Å². The van der Waals surface area contributed by atoms with E-state index in [-0.39, 0.29) is 0 Å². The van der Waals surface area contributed by atoms with E-state index in [4.69, 9.17) is 11.5 Å². The molecule has 0 aliphatic rings. The van der Waals surface area contributed by atoms with Gasteiger partial charge in [0.2, 0.25) is 0 Å². The van der Waals surface area contributed by atoms with E-state index in [0.29, 0.717) is 0 Å². The van der Waals surface area contributed by atoms with Crippen molar-refractivity contribution in [2.45, 2.75) is 6.92 Å². The van der Waals surface area contributed by atoms with Gasteiger partial charge in [-0.2, -0.15) is 0 Å². The lowest BCUT2D eigenvalue weighted by Gasteiger charge is -2.15. The predicted molar refractivity (Wildman–Crippen MR) is 65.1 cm³/mol. The smallest absolute Gasteiger partial charge is 0.185 e. The van der Waals surface area contributed by atoms with E-state index in [1.807, 2.05) is 0 Å². The van der Waals surface area contributed by atoms with E-state index in [9.17, 15) is 30.7 Å². The van der Waals surface area contributed by atoms with Gasteiger partial charge in [-0.1, -0.05) is 0 Å². The number of halogens is 7. The molecule has 0 radical (unpaired) electrons. The Labute approximate surface area is 119 Å². The van der Waals surface area contributed by atoms with Gasteiger partial charge in [-0.3, -0.25) is 0 Å². The third-order valence-corrected chi connectivity index (χ3v) is 3.14. The molecule has 0 saturated heterocycles. The van der Waals surface area contributed by atoms with Crippen LogP contribution >= 0.6 is 0 Å². The van der Waals surface area contributed by atoms with Gasteiger partial charge in [0, 0.05) is 5.56 Å². The maximum absolute atomic E-state index is 13.9. The molecule has 118 valence electrons. The average Bonchev–Trinajstić information content (AvgIpc) is 2.50. The Balaban J connectivity index is 3.03. The van der Waals surface area contributed by atoms with Gasteiger partial charge in [0.15, 0.2) is 40.7 Å². The first kappa shape index (κ1) is 15.9. The van der Waals surface area contributed by atoms with Crippen LogP contribution in [0.2, 0.25) is 0 Å². The third kappa shape index (κ3) is 1.96. The highest BCUT2D eigenvalue weighted by molar-refractivity contribution is 5.74. The van der Waals surface area contributed by atoms with Crippen molar-refractivity contribution < 1.29 is 30.7 Å². The molecular formula is C13H7F7N2. The second-order valence-electron chi connectivity index (χ2n) is 4.40. The minimum Gasteiger partial charge on any atom is -0.394 e. The lowest BCUT2D eigenvalue weighted by Crippen LogP contribution is -2.10. The molecule has 2 nitrogen and oxygen atoms in total. The molecule has 2 aromatic rings. The van der Waals surface area contributed by atoms with Crippen molar-refractivity contribution >= 4 is 11.4 Å². The Morgan fingerprint density at radius 2 is 0.818 bits per heavy atom. The van der Waals surface area contributed by atoms with Crippen LogP contribution in [0.15, 0.2) is 0 Å². The van der Waals surface area contributed by atoms with Crippen LogP contribution in [-0.4, -0.2) is 0 Å². The van der Waals surface area contributed by atoms with E-state index < -0.39 is 68.8 Å². The molecule has 0 aliphatic heterocycles. The van der Waals surface area contributed by atoms with Gasteiger partial charge in [-0.15, -0.1) is 0 Å². The van der Waals surface area contributed by atoms with Gasteiger partial charge in [-0.05, 0) is 12.5 Å². The Morgan fingerprint density at radius 1 is 0.500 bits per heavy atom. The van der Waals surface area contributed by atoms with Gasteiger partial charge in [0.25, 0.3) is 0 Å². The fourth-order valence-corrected chi connectivity index (χ4v) is 1.97. The lowest BCUT2D eigenvalue weighted by molar-refractivity contribution is 0.460. The van der Waals surface area contributed by atoms with E-state index >= 15 is 0 Å². The zero-order chi connectivity index (χ0) is 16.9. The maximum Gasteiger partial charge on any atom is 0.185 e. The quantitative estimate of drug-likeness (QED) is 0.476. The predicted octanol–water partition coefficient (Wildman–Crippen LogP) is 3.80. The van der Waals surface area contributed by atoms with Crippen LogP contribution in [0.1, 0.15) is 5.56 Å². The Bertz CT molecular complexity index is 676. The number of nitrogens with two attached hydrogens (primary N) is 2. The Hall–Kier alpha value is -2.45. The van der Waals surface area contributed by atoms with Crippen molar-refractivity contribution in [2.75, 3.05) is 11.5 Å². The van der Waals surface area contributed by atoms with E-state index in [1.54, 1.807) is 0 Å². The normalized spacial score (nSPS) is 11.1. The molecular weight excluding hydrogens is 317 g/mol. The van der Waals surface area contributed by atoms with Crippen molar-refractivity contribution in [1.29, 1.82) is 0 Å². The van der Waals surface area contributed by atoms with Crippen LogP contribution in [0.3, 0.4) is 0 Å². The molecule has 0 spiro atoms. The molecule has 0 saturated carbocycles. The SMILES string of the molecule is Cc1c(F)c(N)c(F)c(F)c1-c1c(F)c(F)c(N)c(F)c1F. The number of hydrogen-bond acceptors (Lipinski definition) is 2. The molecule has 2 rings (SSSR count). The summed E-state index contributed by atoms with van der Waals surface area (Å²) in [7, 11) is 0. The highest BCUT2D eigenvalue weighted by atomic mass is 19.2. The minimum atomic E-state index is -2.08. The summed E-state index contributed by atoms with van der Waals surface area (Å²) < 4.78 is 95.5. The van der Waals surface area contributed by atoms with Crippen LogP contribution in [-0.2, 0) is 0 Å². The molecule has 0 heterocycles. The fourth-order valence-electron chi connectivity index (χ4n) is 1.97. The van der Waals surface area contributed by atoms with Crippen LogP contribution in [0.5, 0.6) is 0 Å². The van der Waals surface area contributed by atoms with Crippen LogP contribution < -0.4 is 11.5 Å². The fraction of sp³-hybridized carbons (Fsp3) is 0.0769. The van der Waals surface area contributed by atoms with Crippen molar-refractivity contribution in [3.8, 4) is 11.1 Å². The second kappa shape index (κ2) is 5.08. The number of anilines is 2. The molecule has 0 aromatic heterocycles. The van der Waals surface area contributed by atoms with Gasteiger partial charge in [0.05, 0.1) is 5.56 Å². The van der Waals surface area contributed by atoms with Crippen LogP contribution in [0.4, 0.5) is 42.1 Å². The van der Waals surface area contributed by atoms with Crippen LogP contribution in [0, 0.1) is 47.6 Å². The Kier molecular flexibility index (Phi) is 3.68. The second-order valence-corrected chi connectivity index (χ2v) is 4.40. The molecule has 0 atom stereocenters. The van der Waals surface area contributed by atoms with Gasteiger partial charge in [-0.25, -0.2) is 30.7 Å². The first-order chi connectivity index (χ1) is 10.1. The molecule has 4 N–H and O–H groups in total. The summed E-state index contributed by atoms with van der Waals surface area (Å²) in [6.07, 6.45) is 0. The first-order valence-corrected chi connectivity index (χ1v) is 5.65.